The van der Waals surface area contributed by atoms with E-state index in [0.717, 1.165) is 33.0 Å². The molecule has 0 aliphatic carbocycles. The van der Waals surface area contributed by atoms with Crippen LogP contribution in [0.15, 0.2) is 66.0 Å². The summed E-state index contributed by atoms with van der Waals surface area (Å²) in [5.74, 6) is 0.322. The number of ether oxygens (including phenoxy) is 1. The number of benzene rings is 2. The molecule has 0 aliphatic heterocycles. The highest BCUT2D eigenvalue weighted by Crippen LogP contribution is 2.27. The van der Waals surface area contributed by atoms with E-state index in [1.807, 2.05) is 48.7 Å². The van der Waals surface area contributed by atoms with Crippen LogP contribution in [0.5, 0.6) is 5.75 Å². The van der Waals surface area contributed by atoms with E-state index in [1.54, 1.807) is 12.1 Å². The molecule has 4 rings (SSSR count). The molecule has 0 unspecified atom stereocenters. The molecule has 2 aromatic carbocycles. The molecular formula is C23H19F2N3O2S. The van der Waals surface area contributed by atoms with Crippen LogP contribution in [-0.2, 0) is 0 Å². The monoisotopic (exact) mass is 439 g/mol. The Bertz CT molecular complexity index is 1230. The van der Waals surface area contributed by atoms with Gasteiger partial charge in [-0.15, -0.1) is 0 Å². The van der Waals surface area contributed by atoms with Gasteiger partial charge in [-0.25, -0.2) is 9.97 Å². The van der Waals surface area contributed by atoms with Crippen LogP contribution in [0.2, 0.25) is 0 Å². The molecule has 0 spiro atoms. The van der Waals surface area contributed by atoms with E-state index in [1.165, 1.54) is 30.2 Å². The number of aryl methyl sites for hydroxylation is 1. The second kappa shape index (κ2) is 8.85. The lowest BCUT2D eigenvalue weighted by atomic mass is 10.2. The highest BCUT2D eigenvalue weighted by atomic mass is 32.2. The molecule has 2 aromatic heterocycles. The number of nitrogens with zero attached hydrogens (tertiary/aromatic N) is 3. The van der Waals surface area contributed by atoms with Gasteiger partial charge in [-0.1, -0.05) is 30.0 Å². The van der Waals surface area contributed by atoms with Crippen LogP contribution in [-0.4, -0.2) is 32.7 Å². The number of ketones is 1. The molecule has 158 valence electrons. The molecular weight excluding hydrogens is 420 g/mol. The summed E-state index contributed by atoms with van der Waals surface area (Å²) in [4.78, 5) is 21.5. The zero-order valence-electron chi connectivity index (χ0n) is 16.9. The largest absolute Gasteiger partial charge is 0.435 e. The number of carbonyl (C=O) groups excluding carboxylic acids is 1. The average molecular weight is 439 g/mol. The summed E-state index contributed by atoms with van der Waals surface area (Å²) >= 11 is 1.38. The van der Waals surface area contributed by atoms with E-state index in [-0.39, 0.29) is 17.3 Å². The topological polar surface area (TPSA) is 57.0 Å². The molecule has 31 heavy (non-hydrogen) atoms. The fraction of sp³-hybridized carbons (Fsp3) is 0.174. The van der Waals surface area contributed by atoms with Crippen LogP contribution in [0, 0.1) is 13.8 Å². The van der Waals surface area contributed by atoms with Gasteiger partial charge in [0.25, 0.3) is 0 Å². The van der Waals surface area contributed by atoms with Crippen molar-refractivity contribution in [1.82, 2.24) is 14.5 Å². The van der Waals surface area contributed by atoms with Gasteiger partial charge in [0.2, 0.25) is 0 Å². The van der Waals surface area contributed by atoms with Crippen molar-refractivity contribution in [2.45, 2.75) is 25.5 Å². The average Bonchev–Trinajstić information content (AvgIpc) is 3.06. The van der Waals surface area contributed by atoms with Gasteiger partial charge in [0.1, 0.15) is 17.1 Å². The van der Waals surface area contributed by atoms with Crippen molar-refractivity contribution in [3.05, 3.63) is 77.9 Å². The minimum atomic E-state index is -2.87. The zero-order chi connectivity index (χ0) is 22.0. The molecule has 4 aromatic rings. The summed E-state index contributed by atoms with van der Waals surface area (Å²) in [6, 6.07) is 15.9. The number of hydrogen-bond acceptors (Lipinski definition) is 5. The fourth-order valence-electron chi connectivity index (χ4n) is 3.53. The standard InChI is InChI=1S/C23H19F2N3O2S/c1-14-11-19(15(2)28(14)16-7-9-17(10-8-16)30-23(24)25)21(29)12-31-22-18-5-3-4-6-20(18)26-13-27-22/h3-11,13,23H,12H2,1-2H3. The number of carbonyl (C=O) groups is 1. The van der Waals surface area contributed by atoms with Crippen molar-refractivity contribution in [2.75, 3.05) is 5.75 Å². The van der Waals surface area contributed by atoms with Crippen molar-refractivity contribution in [3.63, 3.8) is 0 Å². The molecule has 8 heteroatoms. The number of Topliss-reactive ketones (excluding diaryl/α,β-unsaturated/α-hetero) is 1. The van der Waals surface area contributed by atoms with Crippen molar-refractivity contribution in [3.8, 4) is 11.4 Å². The minimum absolute atomic E-state index is 0.00954. The van der Waals surface area contributed by atoms with Gasteiger partial charge in [-0.05, 0) is 50.2 Å². The van der Waals surface area contributed by atoms with Crippen molar-refractivity contribution in [2.24, 2.45) is 0 Å². The predicted molar refractivity (Wildman–Crippen MR) is 116 cm³/mol. The lowest BCUT2D eigenvalue weighted by molar-refractivity contribution is -0.0498. The van der Waals surface area contributed by atoms with Gasteiger partial charge in [0, 0.05) is 28.0 Å². The van der Waals surface area contributed by atoms with Gasteiger partial charge in [0.05, 0.1) is 11.3 Å². The summed E-state index contributed by atoms with van der Waals surface area (Å²) in [7, 11) is 0. The molecule has 2 heterocycles. The van der Waals surface area contributed by atoms with Crippen LogP contribution in [0.3, 0.4) is 0 Å². The number of thioether (sulfide) groups is 1. The fourth-order valence-corrected chi connectivity index (χ4v) is 4.40. The van der Waals surface area contributed by atoms with Gasteiger partial charge in [-0.2, -0.15) is 8.78 Å². The van der Waals surface area contributed by atoms with E-state index in [4.69, 9.17) is 0 Å². The van der Waals surface area contributed by atoms with Crippen LogP contribution < -0.4 is 4.74 Å². The maximum absolute atomic E-state index is 13.0. The number of fused-ring (bicyclic) bond motifs is 1. The van der Waals surface area contributed by atoms with Crippen LogP contribution in [0.25, 0.3) is 16.6 Å². The minimum Gasteiger partial charge on any atom is -0.435 e. The molecule has 0 radical (unpaired) electrons. The molecule has 0 amide bonds. The molecule has 5 nitrogen and oxygen atoms in total. The summed E-state index contributed by atoms with van der Waals surface area (Å²) < 4.78 is 31.1. The number of hydrogen-bond donors (Lipinski definition) is 0. The van der Waals surface area contributed by atoms with E-state index in [2.05, 4.69) is 14.7 Å². The van der Waals surface area contributed by atoms with Crippen molar-refractivity contribution >= 4 is 28.4 Å². The van der Waals surface area contributed by atoms with E-state index >= 15 is 0 Å². The van der Waals surface area contributed by atoms with Crippen LogP contribution in [0.1, 0.15) is 21.7 Å². The Morgan fingerprint density at radius 1 is 1.10 bits per heavy atom. The molecule has 0 atom stereocenters. The first-order chi connectivity index (χ1) is 14.9. The highest BCUT2D eigenvalue weighted by molar-refractivity contribution is 8.00. The van der Waals surface area contributed by atoms with Gasteiger partial charge >= 0.3 is 6.61 Å². The summed E-state index contributed by atoms with van der Waals surface area (Å²) in [6.45, 7) is 0.905. The Labute approximate surface area is 182 Å². The maximum Gasteiger partial charge on any atom is 0.387 e. The first-order valence-corrected chi connectivity index (χ1v) is 10.5. The number of aromatic nitrogens is 3. The maximum atomic E-state index is 13.0. The highest BCUT2D eigenvalue weighted by Gasteiger charge is 2.18. The van der Waals surface area contributed by atoms with E-state index < -0.39 is 6.61 Å². The summed E-state index contributed by atoms with van der Waals surface area (Å²) in [5, 5.41) is 1.68. The Morgan fingerprint density at radius 3 is 2.58 bits per heavy atom. The first kappa shape index (κ1) is 21.0. The van der Waals surface area contributed by atoms with Crippen LogP contribution in [0.4, 0.5) is 8.78 Å². The second-order valence-corrected chi connectivity index (χ2v) is 7.86. The number of alkyl halides is 2. The van der Waals surface area contributed by atoms with E-state index in [0.29, 0.717) is 5.56 Å². The van der Waals surface area contributed by atoms with Crippen molar-refractivity contribution < 1.29 is 18.3 Å². The lowest BCUT2D eigenvalue weighted by Crippen LogP contribution is -2.06. The first-order valence-electron chi connectivity index (χ1n) is 9.54. The predicted octanol–water partition coefficient (Wildman–Crippen LogP) is 5.61. The normalized spacial score (nSPS) is 11.3. The Balaban J connectivity index is 1.54. The number of halogens is 2. The Morgan fingerprint density at radius 2 is 1.84 bits per heavy atom. The third kappa shape index (κ3) is 4.44. The van der Waals surface area contributed by atoms with Gasteiger partial charge in [-0.3, -0.25) is 4.79 Å². The zero-order valence-corrected chi connectivity index (χ0v) is 17.7. The third-order valence-electron chi connectivity index (χ3n) is 4.90. The summed E-state index contributed by atoms with van der Waals surface area (Å²) in [6.07, 6.45) is 1.50. The summed E-state index contributed by atoms with van der Waals surface area (Å²) in [5.41, 5.74) is 3.89. The van der Waals surface area contributed by atoms with E-state index in [9.17, 15) is 13.6 Å². The quantitative estimate of drug-likeness (QED) is 0.213. The molecule has 0 N–H and O–H groups in total. The van der Waals surface area contributed by atoms with Crippen LogP contribution >= 0.6 is 11.8 Å². The number of para-hydroxylation sites is 1. The third-order valence-corrected chi connectivity index (χ3v) is 5.90. The smallest absolute Gasteiger partial charge is 0.387 e. The van der Waals surface area contributed by atoms with Gasteiger partial charge in [0.15, 0.2) is 5.78 Å². The molecule has 0 saturated heterocycles. The molecule has 0 aliphatic rings. The lowest BCUT2D eigenvalue weighted by Gasteiger charge is -2.11. The van der Waals surface area contributed by atoms with Gasteiger partial charge < -0.3 is 9.30 Å². The number of rotatable bonds is 7. The Hall–Kier alpha value is -3.26. The second-order valence-electron chi connectivity index (χ2n) is 6.90. The Kier molecular flexibility index (Phi) is 5.99. The van der Waals surface area contributed by atoms with Crippen molar-refractivity contribution in [1.29, 1.82) is 0 Å². The SMILES string of the molecule is Cc1cc(C(=O)CSc2ncnc3ccccc23)c(C)n1-c1ccc(OC(F)F)cc1. The molecule has 0 saturated carbocycles. The molecule has 0 fully saturated rings. The molecule has 0 bridgehead atoms.